The molecule has 1 aromatic rings. The molecule has 4 aliphatic carbocycles. The summed E-state index contributed by atoms with van der Waals surface area (Å²) in [6.45, 7) is 9.12. The van der Waals surface area contributed by atoms with Gasteiger partial charge in [-0.25, -0.2) is 0 Å². The highest BCUT2D eigenvalue weighted by atomic mass is 16.5. The molecule has 1 heterocycles. The Balaban J connectivity index is 1.31. The Hall–Kier alpha value is -1.94. The Morgan fingerprint density at radius 1 is 1.18 bits per heavy atom. The van der Waals surface area contributed by atoms with Crippen molar-refractivity contribution >= 4 is 11.5 Å². The minimum Gasteiger partial charge on any atom is -0.461 e. The monoisotopic (exact) mass is 462 g/mol. The molecular formula is C30H42N2O2. The number of hydrogen-bond donors (Lipinski definition) is 1. The maximum absolute atomic E-state index is 12.6. The van der Waals surface area contributed by atoms with Crippen LogP contribution in [0.25, 0.3) is 5.57 Å². The largest absolute Gasteiger partial charge is 0.461 e. The Morgan fingerprint density at radius 3 is 2.71 bits per heavy atom. The van der Waals surface area contributed by atoms with E-state index in [2.05, 4.69) is 50.0 Å². The third-order valence-electron chi connectivity index (χ3n) is 10.4. The molecule has 34 heavy (non-hydrogen) atoms. The Labute approximate surface area is 205 Å². The fraction of sp³-hybridized carbons (Fsp3) is 0.667. The van der Waals surface area contributed by atoms with E-state index in [1.54, 1.807) is 0 Å². The Bertz CT molecular complexity index is 985. The van der Waals surface area contributed by atoms with Crippen molar-refractivity contribution in [1.29, 1.82) is 0 Å². The van der Waals surface area contributed by atoms with Crippen LogP contribution in [0.5, 0.6) is 0 Å². The standard InChI is InChI=1S/C30H42N2O2/c1-5-19(2)27(31)28(33)34-22-12-14-29(3)21(17-22)8-9-23-25-11-10-24(20-7-6-16-32-18-20)30(25,4)15-13-26(23)29/h6-8,10,16,18-19,22-23,25-27H,5,9,11-15,17,31H2,1-4H3/t19-,22-,23-,25-,26-,27+,29-,30+/m0/s1. The average Bonchev–Trinajstić information content (AvgIpc) is 3.21. The van der Waals surface area contributed by atoms with E-state index in [4.69, 9.17) is 10.5 Å². The van der Waals surface area contributed by atoms with Gasteiger partial charge in [-0.15, -0.1) is 0 Å². The lowest BCUT2D eigenvalue weighted by Gasteiger charge is -2.57. The van der Waals surface area contributed by atoms with Gasteiger partial charge in [-0.2, -0.15) is 0 Å². The van der Waals surface area contributed by atoms with E-state index in [1.807, 2.05) is 19.3 Å². The molecule has 0 saturated heterocycles. The maximum atomic E-state index is 12.6. The molecule has 0 radical (unpaired) electrons. The van der Waals surface area contributed by atoms with Crippen LogP contribution < -0.4 is 5.73 Å². The summed E-state index contributed by atoms with van der Waals surface area (Å²) in [7, 11) is 0. The van der Waals surface area contributed by atoms with E-state index in [1.165, 1.54) is 36.0 Å². The van der Waals surface area contributed by atoms with Gasteiger partial charge >= 0.3 is 5.97 Å². The number of rotatable bonds is 5. The van der Waals surface area contributed by atoms with Crippen LogP contribution in [0.3, 0.4) is 0 Å². The van der Waals surface area contributed by atoms with E-state index in [9.17, 15) is 4.79 Å². The molecule has 0 unspecified atom stereocenters. The molecule has 4 heteroatoms. The molecule has 2 N–H and O–H groups in total. The van der Waals surface area contributed by atoms with Crippen molar-refractivity contribution < 1.29 is 9.53 Å². The highest BCUT2D eigenvalue weighted by Gasteiger charge is 2.57. The number of allylic oxidation sites excluding steroid dienone is 3. The molecule has 0 aromatic carbocycles. The number of nitrogens with two attached hydrogens (primary N) is 1. The lowest BCUT2D eigenvalue weighted by atomic mass is 9.47. The number of aromatic nitrogens is 1. The third kappa shape index (κ3) is 3.77. The number of pyridine rings is 1. The number of hydrogen-bond acceptors (Lipinski definition) is 4. The van der Waals surface area contributed by atoms with Crippen LogP contribution in [0.1, 0.15) is 84.6 Å². The van der Waals surface area contributed by atoms with Crippen molar-refractivity contribution in [2.45, 2.75) is 91.2 Å². The molecule has 4 nitrogen and oxygen atoms in total. The first-order valence-electron chi connectivity index (χ1n) is 13.5. The zero-order valence-corrected chi connectivity index (χ0v) is 21.4. The van der Waals surface area contributed by atoms with E-state index in [-0.39, 0.29) is 28.8 Å². The summed E-state index contributed by atoms with van der Waals surface area (Å²) in [5, 5.41) is 0. The molecule has 0 bridgehead atoms. The number of esters is 1. The number of carbonyl (C=O) groups excluding carboxylic acids is 1. The number of carbonyl (C=O) groups is 1. The molecule has 5 rings (SSSR count). The summed E-state index contributed by atoms with van der Waals surface area (Å²) in [6, 6.07) is 3.79. The zero-order chi connectivity index (χ0) is 24.1. The Morgan fingerprint density at radius 2 is 1.97 bits per heavy atom. The molecule has 0 spiro atoms. The molecule has 2 saturated carbocycles. The van der Waals surface area contributed by atoms with Crippen LogP contribution >= 0.6 is 0 Å². The fourth-order valence-electron chi connectivity index (χ4n) is 7.99. The van der Waals surface area contributed by atoms with Gasteiger partial charge in [-0.05, 0) is 90.2 Å². The first kappa shape index (κ1) is 23.8. The number of ether oxygens (including phenoxy) is 1. The van der Waals surface area contributed by atoms with E-state index in [0.717, 1.165) is 43.9 Å². The van der Waals surface area contributed by atoms with Crippen LogP contribution in [0, 0.1) is 34.5 Å². The lowest BCUT2D eigenvalue weighted by Crippen LogP contribution is -2.50. The Kier molecular flexibility index (Phi) is 6.25. The summed E-state index contributed by atoms with van der Waals surface area (Å²) < 4.78 is 5.94. The van der Waals surface area contributed by atoms with Gasteiger partial charge in [0.05, 0.1) is 0 Å². The van der Waals surface area contributed by atoms with Crippen molar-refractivity contribution in [3.63, 3.8) is 0 Å². The predicted octanol–water partition coefficient (Wildman–Crippen LogP) is 6.32. The van der Waals surface area contributed by atoms with E-state index >= 15 is 0 Å². The predicted molar refractivity (Wildman–Crippen MR) is 137 cm³/mol. The number of nitrogens with zero attached hydrogens (tertiary/aromatic N) is 1. The smallest absolute Gasteiger partial charge is 0.323 e. The van der Waals surface area contributed by atoms with Gasteiger partial charge in [0.1, 0.15) is 12.1 Å². The summed E-state index contributed by atoms with van der Waals surface area (Å²) in [6.07, 6.45) is 17.7. The summed E-state index contributed by atoms with van der Waals surface area (Å²) >= 11 is 0. The van der Waals surface area contributed by atoms with Gasteiger partial charge in [0, 0.05) is 18.8 Å². The van der Waals surface area contributed by atoms with Gasteiger partial charge in [-0.1, -0.05) is 57.9 Å². The molecule has 0 aliphatic heterocycles. The third-order valence-corrected chi connectivity index (χ3v) is 10.4. The summed E-state index contributed by atoms with van der Waals surface area (Å²) in [5.41, 5.74) is 11.0. The first-order valence-corrected chi connectivity index (χ1v) is 13.5. The van der Waals surface area contributed by atoms with E-state index < -0.39 is 6.04 Å². The molecular weight excluding hydrogens is 420 g/mol. The van der Waals surface area contributed by atoms with Gasteiger partial charge in [0.15, 0.2) is 0 Å². The molecule has 2 fully saturated rings. The second kappa shape index (κ2) is 8.93. The topological polar surface area (TPSA) is 65.2 Å². The molecule has 184 valence electrons. The average molecular weight is 463 g/mol. The van der Waals surface area contributed by atoms with Crippen LogP contribution in [-0.4, -0.2) is 23.1 Å². The van der Waals surface area contributed by atoms with E-state index in [0.29, 0.717) is 5.92 Å². The normalized spacial score (nSPS) is 38.5. The van der Waals surface area contributed by atoms with Crippen molar-refractivity contribution in [2.24, 2.45) is 40.2 Å². The summed E-state index contributed by atoms with van der Waals surface area (Å²) in [4.78, 5) is 17.0. The van der Waals surface area contributed by atoms with Crippen molar-refractivity contribution in [1.82, 2.24) is 4.98 Å². The van der Waals surface area contributed by atoms with Crippen molar-refractivity contribution in [3.8, 4) is 0 Å². The molecule has 8 atom stereocenters. The zero-order valence-electron chi connectivity index (χ0n) is 21.4. The molecule has 1 aromatic heterocycles. The molecule has 4 aliphatic rings. The van der Waals surface area contributed by atoms with Crippen LogP contribution in [-0.2, 0) is 9.53 Å². The van der Waals surface area contributed by atoms with Gasteiger partial charge in [-0.3, -0.25) is 9.78 Å². The van der Waals surface area contributed by atoms with Crippen molar-refractivity contribution in [2.75, 3.05) is 0 Å². The lowest BCUT2D eigenvalue weighted by molar-refractivity contribution is -0.154. The minimum atomic E-state index is -0.511. The maximum Gasteiger partial charge on any atom is 0.323 e. The van der Waals surface area contributed by atoms with Gasteiger partial charge in [0.25, 0.3) is 0 Å². The fourth-order valence-corrected chi connectivity index (χ4v) is 7.99. The summed E-state index contributed by atoms with van der Waals surface area (Å²) in [5.74, 6) is 2.11. The van der Waals surface area contributed by atoms with Crippen LogP contribution in [0.15, 0.2) is 42.3 Å². The minimum absolute atomic E-state index is 0.0160. The molecule has 0 amide bonds. The highest BCUT2D eigenvalue weighted by Crippen LogP contribution is 2.66. The second-order valence-corrected chi connectivity index (χ2v) is 12.0. The quantitative estimate of drug-likeness (QED) is 0.410. The van der Waals surface area contributed by atoms with Crippen molar-refractivity contribution in [3.05, 3.63) is 47.8 Å². The SMILES string of the molecule is CC[C@H](C)[C@@H](N)C(=O)O[C@H]1CC[C@@]2(C)C(=CC[C@@H]3[C@@H]2CC[C@]2(C)C(c4cccnc4)=CC[C@@H]32)C1. The van der Waals surface area contributed by atoms with Crippen LogP contribution in [0.4, 0.5) is 0 Å². The first-order chi connectivity index (χ1) is 16.3. The van der Waals surface area contributed by atoms with Gasteiger partial charge in [0.2, 0.25) is 0 Å². The van der Waals surface area contributed by atoms with Gasteiger partial charge < -0.3 is 10.5 Å². The second-order valence-electron chi connectivity index (χ2n) is 12.0. The van der Waals surface area contributed by atoms with Crippen LogP contribution in [0.2, 0.25) is 0 Å². The highest BCUT2D eigenvalue weighted by molar-refractivity contribution is 5.76. The number of fused-ring (bicyclic) bond motifs is 5.